The maximum absolute atomic E-state index is 12.7. The molecule has 0 saturated carbocycles. The van der Waals surface area contributed by atoms with Gasteiger partial charge in [-0.2, -0.15) is 4.31 Å². The average molecular weight is 434 g/mol. The summed E-state index contributed by atoms with van der Waals surface area (Å²) < 4.78 is 29.1. The van der Waals surface area contributed by atoms with Crippen molar-refractivity contribution in [3.8, 4) is 0 Å². The van der Waals surface area contributed by atoms with E-state index in [1.54, 1.807) is 10.5 Å². The third kappa shape index (κ3) is 6.46. The number of sulfonamides is 1. The van der Waals surface area contributed by atoms with Crippen LogP contribution < -0.4 is 15.5 Å². The lowest BCUT2D eigenvalue weighted by Crippen LogP contribution is -2.49. The zero-order valence-corrected chi connectivity index (χ0v) is 18.3. The lowest BCUT2D eigenvalue weighted by molar-refractivity contribution is 0.384. The lowest BCUT2D eigenvalue weighted by atomic mass is 10.3. The fourth-order valence-electron chi connectivity index (χ4n) is 3.30. The number of nitrogens with one attached hydrogen (secondary N) is 2. The van der Waals surface area contributed by atoms with Crippen LogP contribution in [0.25, 0.3) is 0 Å². The molecule has 0 bridgehead atoms. The molecular weight excluding hydrogens is 402 g/mol. The quantitative estimate of drug-likeness (QED) is 0.444. The second kappa shape index (κ2) is 11.0. The Balaban J connectivity index is 1.45. The van der Waals surface area contributed by atoms with Crippen LogP contribution in [0.1, 0.15) is 6.92 Å². The number of pyridine rings is 1. The summed E-state index contributed by atoms with van der Waals surface area (Å²) in [7, 11) is -3.34. The first-order valence-electron chi connectivity index (χ1n) is 10.4. The Hall–Kier alpha value is -2.59. The molecule has 1 fully saturated rings. The van der Waals surface area contributed by atoms with Gasteiger partial charge in [-0.25, -0.2) is 13.4 Å². The third-order valence-corrected chi connectivity index (χ3v) is 6.75. The molecule has 9 nitrogen and oxygen atoms in total. The maximum atomic E-state index is 12.7. The van der Waals surface area contributed by atoms with Crippen LogP contribution in [0, 0.1) is 0 Å². The van der Waals surface area contributed by atoms with Crippen LogP contribution in [0.2, 0.25) is 0 Å². The molecule has 0 unspecified atom stereocenters. The van der Waals surface area contributed by atoms with Gasteiger partial charge in [0.05, 0.1) is 12.3 Å². The van der Waals surface area contributed by atoms with E-state index in [-0.39, 0.29) is 12.3 Å². The summed E-state index contributed by atoms with van der Waals surface area (Å²) in [6, 6.07) is 9.74. The summed E-state index contributed by atoms with van der Waals surface area (Å²) in [4.78, 5) is 10.9. The molecule has 0 spiro atoms. The molecule has 1 aliphatic rings. The monoisotopic (exact) mass is 433 g/mol. The van der Waals surface area contributed by atoms with E-state index in [2.05, 4.69) is 30.1 Å². The summed E-state index contributed by atoms with van der Waals surface area (Å²) in [5, 5.41) is 6.40. The van der Waals surface area contributed by atoms with Crippen molar-refractivity contribution in [1.82, 2.24) is 24.5 Å². The van der Waals surface area contributed by atoms with E-state index in [1.165, 1.54) is 0 Å². The van der Waals surface area contributed by atoms with Crippen molar-refractivity contribution >= 4 is 21.8 Å². The highest BCUT2D eigenvalue weighted by atomic mass is 32.2. The Morgan fingerprint density at radius 2 is 1.87 bits per heavy atom. The van der Waals surface area contributed by atoms with Crippen molar-refractivity contribution in [3.63, 3.8) is 0 Å². The first kappa shape index (κ1) is 22.1. The molecule has 30 heavy (non-hydrogen) atoms. The van der Waals surface area contributed by atoms with Crippen LogP contribution in [0.3, 0.4) is 0 Å². The van der Waals surface area contributed by atoms with E-state index >= 15 is 0 Å². The van der Waals surface area contributed by atoms with Gasteiger partial charge >= 0.3 is 0 Å². The Kier molecular flexibility index (Phi) is 8.09. The van der Waals surface area contributed by atoms with Gasteiger partial charge in [-0.05, 0) is 31.2 Å². The second-order valence-electron chi connectivity index (χ2n) is 7.00. The van der Waals surface area contributed by atoms with Gasteiger partial charge in [-0.15, -0.1) is 0 Å². The molecule has 2 aromatic rings. The van der Waals surface area contributed by atoms with E-state index < -0.39 is 10.0 Å². The number of anilines is 1. The first-order chi connectivity index (χ1) is 14.6. The van der Waals surface area contributed by atoms with Crippen LogP contribution in [0.15, 0.2) is 53.9 Å². The number of piperazine rings is 1. The molecular formula is C20H31N7O2S. The smallest absolute Gasteiger partial charge is 0.216 e. The fraction of sp³-hybridized carbons (Fsp3) is 0.500. The topological polar surface area (TPSA) is 94.9 Å². The highest BCUT2D eigenvalue weighted by Gasteiger charge is 2.27. The van der Waals surface area contributed by atoms with Gasteiger partial charge < -0.3 is 20.1 Å². The molecule has 1 saturated heterocycles. The van der Waals surface area contributed by atoms with Crippen molar-refractivity contribution in [2.75, 3.05) is 56.5 Å². The highest BCUT2D eigenvalue weighted by molar-refractivity contribution is 7.89. The number of aromatic nitrogens is 2. The molecule has 10 heteroatoms. The second-order valence-corrected chi connectivity index (χ2v) is 9.09. The molecule has 0 aromatic carbocycles. The molecule has 0 atom stereocenters. The molecule has 0 aliphatic carbocycles. The Morgan fingerprint density at radius 1 is 1.10 bits per heavy atom. The maximum Gasteiger partial charge on any atom is 0.216 e. The fourth-order valence-corrected chi connectivity index (χ4v) is 4.60. The van der Waals surface area contributed by atoms with Gasteiger partial charge in [0.1, 0.15) is 5.82 Å². The van der Waals surface area contributed by atoms with E-state index in [0.717, 1.165) is 18.9 Å². The van der Waals surface area contributed by atoms with Gasteiger partial charge in [0, 0.05) is 64.4 Å². The molecule has 164 valence electrons. The van der Waals surface area contributed by atoms with Crippen LogP contribution >= 0.6 is 0 Å². The van der Waals surface area contributed by atoms with Crippen LogP contribution in [-0.2, 0) is 16.6 Å². The largest absolute Gasteiger partial charge is 0.357 e. The predicted molar refractivity (Wildman–Crippen MR) is 120 cm³/mol. The number of rotatable bonds is 9. The van der Waals surface area contributed by atoms with Crippen LogP contribution in [0.4, 0.5) is 5.82 Å². The van der Waals surface area contributed by atoms with Gasteiger partial charge in [-0.3, -0.25) is 4.99 Å². The minimum Gasteiger partial charge on any atom is -0.357 e. The van der Waals surface area contributed by atoms with E-state index in [1.807, 2.05) is 49.6 Å². The van der Waals surface area contributed by atoms with Gasteiger partial charge in [0.2, 0.25) is 10.0 Å². The Bertz CT molecular complexity index is 877. The van der Waals surface area contributed by atoms with Crippen molar-refractivity contribution in [3.05, 3.63) is 48.9 Å². The van der Waals surface area contributed by atoms with Gasteiger partial charge in [0.25, 0.3) is 0 Å². The molecule has 3 rings (SSSR count). The van der Waals surface area contributed by atoms with E-state index in [9.17, 15) is 8.42 Å². The molecule has 0 radical (unpaired) electrons. The molecule has 3 heterocycles. The average Bonchev–Trinajstić information content (AvgIpc) is 3.28. The summed E-state index contributed by atoms with van der Waals surface area (Å²) in [5.41, 5.74) is 0. The minimum atomic E-state index is -3.34. The standard InChI is InChI=1S/C20H31N7O2S/c1-2-21-20(23-9-13-25-11-5-6-12-25)24-10-18-30(28,29)27-16-14-26(15-17-27)19-7-3-4-8-22-19/h3-8,11-12H,2,9-10,13-18H2,1H3,(H2,21,23,24). The van der Waals surface area contributed by atoms with Crippen LogP contribution in [0.5, 0.6) is 0 Å². The molecule has 1 aliphatic heterocycles. The summed E-state index contributed by atoms with van der Waals surface area (Å²) >= 11 is 0. The summed E-state index contributed by atoms with van der Waals surface area (Å²) in [6.07, 6.45) is 5.77. The van der Waals surface area contributed by atoms with Crippen molar-refractivity contribution in [2.45, 2.75) is 13.5 Å². The number of aliphatic imine (C=N–C) groups is 1. The van der Waals surface area contributed by atoms with Crippen molar-refractivity contribution in [1.29, 1.82) is 0 Å². The minimum absolute atomic E-state index is 0.00472. The van der Waals surface area contributed by atoms with Gasteiger partial charge in [-0.1, -0.05) is 6.07 Å². The Labute approximate surface area is 178 Å². The number of hydrogen-bond acceptors (Lipinski definition) is 5. The number of hydrogen-bond donors (Lipinski definition) is 2. The lowest BCUT2D eigenvalue weighted by Gasteiger charge is -2.34. The van der Waals surface area contributed by atoms with Crippen LogP contribution in [-0.4, -0.2) is 79.8 Å². The normalized spacial score (nSPS) is 15.9. The third-order valence-electron chi connectivity index (χ3n) is 4.90. The first-order valence-corrected chi connectivity index (χ1v) is 12.0. The molecule has 2 N–H and O–H groups in total. The van der Waals surface area contributed by atoms with Crippen molar-refractivity contribution < 1.29 is 8.42 Å². The SMILES string of the molecule is CCNC(=NCCS(=O)(=O)N1CCN(c2ccccn2)CC1)NCCn1cccc1. The number of nitrogens with zero attached hydrogens (tertiary/aromatic N) is 5. The number of guanidine groups is 1. The van der Waals surface area contributed by atoms with E-state index in [0.29, 0.717) is 38.7 Å². The Morgan fingerprint density at radius 3 is 2.53 bits per heavy atom. The summed E-state index contributed by atoms with van der Waals surface area (Å²) in [5.74, 6) is 1.53. The zero-order chi connectivity index (χ0) is 21.2. The molecule has 2 aromatic heterocycles. The van der Waals surface area contributed by atoms with Crippen molar-refractivity contribution in [2.24, 2.45) is 4.99 Å². The molecule has 0 amide bonds. The van der Waals surface area contributed by atoms with Gasteiger partial charge in [0.15, 0.2) is 5.96 Å². The van der Waals surface area contributed by atoms with E-state index in [4.69, 9.17) is 0 Å². The summed E-state index contributed by atoms with van der Waals surface area (Å²) in [6.45, 7) is 6.68. The highest BCUT2D eigenvalue weighted by Crippen LogP contribution is 2.14. The predicted octanol–water partition coefficient (Wildman–Crippen LogP) is 0.590. The zero-order valence-electron chi connectivity index (χ0n) is 17.4.